The molecule has 2 aliphatic rings. The lowest BCUT2D eigenvalue weighted by atomic mass is 9.86. The van der Waals surface area contributed by atoms with Gasteiger partial charge in [-0.05, 0) is 30.5 Å². The first-order chi connectivity index (χ1) is 13.1. The molecule has 1 aromatic carbocycles. The minimum atomic E-state index is -0.617. The van der Waals surface area contributed by atoms with E-state index in [1.54, 1.807) is 17.9 Å². The fourth-order valence-corrected chi connectivity index (χ4v) is 3.78. The van der Waals surface area contributed by atoms with Gasteiger partial charge < -0.3 is 20.1 Å². The molecule has 8 nitrogen and oxygen atoms in total. The average Bonchev–Trinajstić information content (AvgIpc) is 3.31. The summed E-state index contributed by atoms with van der Waals surface area (Å²) in [4.78, 5) is 15.0. The number of carbonyl (C=O) groups excluding carboxylic acids is 1. The number of nitrogens with zero attached hydrogens (tertiary/aromatic N) is 3. The number of aryl methyl sites for hydroxylation is 1. The van der Waals surface area contributed by atoms with Crippen molar-refractivity contribution in [1.82, 2.24) is 20.0 Å². The quantitative estimate of drug-likeness (QED) is 0.826. The van der Waals surface area contributed by atoms with Crippen molar-refractivity contribution < 1.29 is 14.3 Å². The Labute approximate surface area is 158 Å². The minimum Gasteiger partial charge on any atom is -0.454 e. The zero-order chi connectivity index (χ0) is 18.9. The number of carbonyl (C=O) groups is 1. The number of fused-ring (bicyclic) bond motifs is 1. The highest BCUT2D eigenvalue weighted by atomic mass is 16.7. The van der Waals surface area contributed by atoms with E-state index in [1.165, 1.54) is 5.56 Å². The van der Waals surface area contributed by atoms with Gasteiger partial charge in [-0.25, -0.2) is 0 Å². The summed E-state index contributed by atoms with van der Waals surface area (Å²) in [5.41, 5.74) is 0.569. The molecule has 1 amide bonds. The number of amides is 1. The first kappa shape index (κ1) is 17.7. The summed E-state index contributed by atoms with van der Waals surface area (Å²) in [6.45, 7) is 2.77. The third-order valence-corrected chi connectivity index (χ3v) is 5.40. The second kappa shape index (κ2) is 7.11. The highest BCUT2D eigenvalue weighted by molar-refractivity contribution is 5.89. The van der Waals surface area contributed by atoms with Gasteiger partial charge in [-0.3, -0.25) is 14.4 Å². The van der Waals surface area contributed by atoms with Crippen molar-refractivity contribution in [3.63, 3.8) is 0 Å². The maximum absolute atomic E-state index is 12.7. The zero-order valence-electron chi connectivity index (χ0n) is 15.7. The number of hydrogen-bond acceptors (Lipinski definition) is 6. The van der Waals surface area contributed by atoms with Crippen LogP contribution in [0.3, 0.4) is 0 Å². The van der Waals surface area contributed by atoms with Gasteiger partial charge in [0.2, 0.25) is 12.7 Å². The van der Waals surface area contributed by atoms with Crippen LogP contribution < -0.4 is 20.1 Å². The molecule has 1 saturated heterocycles. The zero-order valence-corrected chi connectivity index (χ0v) is 15.7. The van der Waals surface area contributed by atoms with Crippen LogP contribution in [0.15, 0.2) is 30.5 Å². The lowest BCUT2D eigenvalue weighted by Gasteiger charge is -2.41. The van der Waals surface area contributed by atoms with Crippen LogP contribution in [-0.2, 0) is 18.4 Å². The SMILES string of the molecule is CNC(=O)C1(Nc2ccnn2C)CCN(Cc2ccc3c(c2)OCO3)CC1. The predicted molar refractivity (Wildman–Crippen MR) is 101 cm³/mol. The summed E-state index contributed by atoms with van der Waals surface area (Å²) in [6.07, 6.45) is 3.18. The number of likely N-dealkylation sites (N-methyl/N-ethyl adjacent to an activating group) is 1. The number of benzene rings is 1. The van der Waals surface area contributed by atoms with Gasteiger partial charge in [-0.2, -0.15) is 5.10 Å². The molecule has 1 fully saturated rings. The lowest BCUT2D eigenvalue weighted by Crippen LogP contribution is -2.57. The molecule has 144 valence electrons. The van der Waals surface area contributed by atoms with Gasteiger partial charge in [0.15, 0.2) is 11.5 Å². The number of ether oxygens (including phenoxy) is 2. The van der Waals surface area contributed by atoms with Crippen LogP contribution in [0.25, 0.3) is 0 Å². The smallest absolute Gasteiger partial charge is 0.245 e. The third kappa shape index (κ3) is 3.44. The van der Waals surface area contributed by atoms with E-state index < -0.39 is 5.54 Å². The monoisotopic (exact) mass is 371 g/mol. The Kier molecular flexibility index (Phi) is 4.65. The fraction of sp³-hybridized carbons (Fsp3) is 0.474. The molecule has 4 rings (SSSR count). The molecule has 3 heterocycles. The molecule has 0 spiro atoms. The standard InChI is InChI=1S/C19H25N5O3/c1-20-18(25)19(22-17-5-8-21-23(17)2)6-9-24(10-7-19)12-14-3-4-15-16(11-14)27-13-26-15/h3-5,8,11,22H,6-7,9-10,12-13H2,1-2H3,(H,20,25). The molecular formula is C19H25N5O3. The van der Waals surface area contributed by atoms with Crippen molar-refractivity contribution in [3.05, 3.63) is 36.0 Å². The van der Waals surface area contributed by atoms with Crippen molar-refractivity contribution in [3.8, 4) is 11.5 Å². The highest BCUT2D eigenvalue weighted by Crippen LogP contribution is 2.33. The molecule has 0 saturated carbocycles. The number of anilines is 1. The molecule has 0 radical (unpaired) electrons. The molecule has 0 unspecified atom stereocenters. The van der Waals surface area contributed by atoms with E-state index >= 15 is 0 Å². The van der Waals surface area contributed by atoms with Crippen LogP contribution in [-0.4, -0.2) is 53.1 Å². The van der Waals surface area contributed by atoms with Crippen molar-refractivity contribution in [2.24, 2.45) is 7.05 Å². The first-order valence-corrected chi connectivity index (χ1v) is 9.19. The van der Waals surface area contributed by atoms with E-state index in [0.717, 1.165) is 49.8 Å². The summed E-state index contributed by atoms with van der Waals surface area (Å²) in [7, 11) is 3.56. The van der Waals surface area contributed by atoms with Crippen LogP contribution in [0.4, 0.5) is 5.82 Å². The number of nitrogens with one attached hydrogen (secondary N) is 2. The maximum atomic E-state index is 12.7. The summed E-state index contributed by atoms with van der Waals surface area (Å²) in [6, 6.07) is 7.96. The van der Waals surface area contributed by atoms with Gasteiger partial charge in [0.05, 0.1) is 6.20 Å². The van der Waals surface area contributed by atoms with Crippen molar-refractivity contribution >= 4 is 11.7 Å². The van der Waals surface area contributed by atoms with Crippen molar-refractivity contribution in [2.45, 2.75) is 24.9 Å². The largest absolute Gasteiger partial charge is 0.454 e. The number of hydrogen-bond donors (Lipinski definition) is 2. The van der Waals surface area contributed by atoms with Crippen LogP contribution in [0.1, 0.15) is 18.4 Å². The Balaban J connectivity index is 1.43. The van der Waals surface area contributed by atoms with Crippen LogP contribution in [0.2, 0.25) is 0 Å². The van der Waals surface area contributed by atoms with Crippen LogP contribution >= 0.6 is 0 Å². The van der Waals surface area contributed by atoms with Crippen molar-refractivity contribution in [2.75, 3.05) is 32.2 Å². The average molecular weight is 371 g/mol. The van der Waals surface area contributed by atoms with Crippen LogP contribution in [0, 0.1) is 0 Å². The summed E-state index contributed by atoms with van der Waals surface area (Å²) >= 11 is 0. The maximum Gasteiger partial charge on any atom is 0.245 e. The van der Waals surface area contributed by atoms with E-state index in [9.17, 15) is 4.79 Å². The Bertz CT molecular complexity index is 827. The molecule has 0 aliphatic carbocycles. The minimum absolute atomic E-state index is 0.0198. The molecule has 2 N–H and O–H groups in total. The molecule has 0 atom stereocenters. The molecule has 27 heavy (non-hydrogen) atoms. The van der Waals surface area contributed by atoms with Crippen molar-refractivity contribution in [1.29, 1.82) is 0 Å². The van der Waals surface area contributed by atoms with E-state index in [4.69, 9.17) is 9.47 Å². The Morgan fingerprint density at radius 3 is 2.70 bits per heavy atom. The lowest BCUT2D eigenvalue weighted by molar-refractivity contribution is -0.126. The van der Waals surface area contributed by atoms with Crippen LogP contribution in [0.5, 0.6) is 11.5 Å². The second-order valence-electron chi connectivity index (χ2n) is 7.09. The highest BCUT2D eigenvalue weighted by Gasteiger charge is 2.41. The molecule has 2 aromatic rings. The Hall–Kier alpha value is -2.74. The topological polar surface area (TPSA) is 80.7 Å². The molecule has 2 aliphatic heterocycles. The predicted octanol–water partition coefficient (Wildman–Crippen LogP) is 1.34. The third-order valence-electron chi connectivity index (χ3n) is 5.40. The Morgan fingerprint density at radius 1 is 1.22 bits per heavy atom. The van der Waals surface area contributed by atoms with E-state index in [2.05, 4.69) is 26.7 Å². The number of rotatable bonds is 5. The Morgan fingerprint density at radius 2 is 2.00 bits per heavy atom. The number of piperidine rings is 1. The first-order valence-electron chi connectivity index (χ1n) is 9.19. The van der Waals surface area contributed by atoms with Gasteiger partial charge in [0.1, 0.15) is 11.4 Å². The molecular weight excluding hydrogens is 346 g/mol. The van der Waals surface area contributed by atoms with E-state index in [0.29, 0.717) is 0 Å². The van der Waals surface area contributed by atoms with E-state index in [-0.39, 0.29) is 12.7 Å². The molecule has 1 aromatic heterocycles. The number of likely N-dealkylation sites (tertiary alicyclic amines) is 1. The fourth-order valence-electron chi connectivity index (χ4n) is 3.78. The van der Waals surface area contributed by atoms with E-state index in [1.807, 2.05) is 25.2 Å². The molecule has 0 bridgehead atoms. The van der Waals surface area contributed by atoms with Gasteiger partial charge in [0.25, 0.3) is 0 Å². The summed E-state index contributed by atoms with van der Waals surface area (Å²) in [5.74, 6) is 2.48. The summed E-state index contributed by atoms with van der Waals surface area (Å²) < 4.78 is 12.6. The van der Waals surface area contributed by atoms with Gasteiger partial charge >= 0.3 is 0 Å². The number of aromatic nitrogens is 2. The van der Waals surface area contributed by atoms with Gasteiger partial charge in [0, 0.05) is 39.8 Å². The molecule has 8 heteroatoms. The van der Waals surface area contributed by atoms with Gasteiger partial charge in [-0.15, -0.1) is 0 Å². The summed E-state index contributed by atoms with van der Waals surface area (Å²) in [5, 5.41) is 10.4. The normalized spacial score (nSPS) is 18.3. The second-order valence-corrected chi connectivity index (χ2v) is 7.09. The van der Waals surface area contributed by atoms with Gasteiger partial charge in [-0.1, -0.05) is 6.07 Å².